The number of fused-ring (bicyclic) bond motifs is 1. The van der Waals surface area contributed by atoms with Crippen LogP contribution in [0.2, 0.25) is 0 Å². The van der Waals surface area contributed by atoms with Gasteiger partial charge in [0.05, 0.1) is 5.56 Å². The Balaban J connectivity index is 1.95. The molecule has 1 heterocycles. The second-order valence-electron chi connectivity index (χ2n) is 8.04. The van der Waals surface area contributed by atoms with Crippen LogP contribution in [0.1, 0.15) is 55.8 Å². The molecule has 1 saturated carbocycles. The number of nitrogens with zero attached hydrogens (tertiary/aromatic N) is 1. The van der Waals surface area contributed by atoms with Crippen LogP contribution in [0.4, 0.5) is 11.5 Å². The van der Waals surface area contributed by atoms with E-state index in [-0.39, 0.29) is 41.2 Å². The third-order valence-corrected chi connectivity index (χ3v) is 5.84. The summed E-state index contributed by atoms with van der Waals surface area (Å²) < 4.78 is 0. The maximum Gasteiger partial charge on any atom is 0.270 e. The predicted octanol–water partition coefficient (Wildman–Crippen LogP) is 3.46. The molecular weight excluding hydrogens is 408 g/mol. The lowest BCUT2D eigenvalue weighted by Gasteiger charge is -2.26. The van der Waals surface area contributed by atoms with Crippen molar-refractivity contribution in [2.75, 3.05) is 23.8 Å². The number of amides is 3. The smallest absolute Gasteiger partial charge is 0.270 e. The first-order valence-corrected chi connectivity index (χ1v) is 11.0. The van der Waals surface area contributed by atoms with E-state index in [1.54, 1.807) is 37.1 Å². The molecule has 32 heavy (non-hydrogen) atoms. The summed E-state index contributed by atoms with van der Waals surface area (Å²) in [6.07, 6.45) is 6.03. The Kier molecular flexibility index (Phi) is 7.40. The highest BCUT2D eigenvalue weighted by Gasteiger charge is 2.26. The quantitative estimate of drug-likeness (QED) is 0.403. The Bertz CT molecular complexity index is 1050. The zero-order valence-corrected chi connectivity index (χ0v) is 18.5. The normalized spacial score (nSPS) is 14.1. The van der Waals surface area contributed by atoms with Gasteiger partial charge in [-0.05, 0) is 38.0 Å². The van der Waals surface area contributed by atoms with Gasteiger partial charge >= 0.3 is 0 Å². The zero-order valence-electron chi connectivity index (χ0n) is 18.5. The van der Waals surface area contributed by atoms with E-state index in [0.717, 1.165) is 31.9 Å². The fraction of sp³-hybridized carbons (Fsp3) is 0.435. The van der Waals surface area contributed by atoms with Gasteiger partial charge in [-0.3, -0.25) is 19.8 Å². The van der Waals surface area contributed by atoms with E-state index in [0.29, 0.717) is 23.1 Å². The minimum atomic E-state index is -0.685. The zero-order chi connectivity index (χ0) is 23.3. The Labute approximate surface area is 187 Å². The van der Waals surface area contributed by atoms with Gasteiger partial charge in [0.25, 0.3) is 11.8 Å². The first kappa shape index (κ1) is 23.2. The molecule has 1 fully saturated rings. The average molecular weight is 439 g/mol. The van der Waals surface area contributed by atoms with Crippen LogP contribution in [0.25, 0.3) is 10.9 Å². The minimum absolute atomic E-state index is 0.0358. The van der Waals surface area contributed by atoms with Crippen LogP contribution in [0.5, 0.6) is 0 Å². The van der Waals surface area contributed by atoms with Gasteiger partial charge in [0, 0.05) is 48.7 Å². The molecule has 2 aromatic rings. The fourth-order valence-electron chi connectivity index (χ4n) is 4.11. The number of H-pyrrole nitrogens is 1. The van der Waals surface area contributed by atoms with Crippen LogP contribution in [-0.4, -0.2) is 48.2 Å². The van der Waals surface area contributed by atoms with Crippen molar-refractivity contribution < 1.29 is 14.4 Å². The third-order valence-electron chi connectivity index (χ3n) is 5.84. The van der Waals surface area contributed by atoms with Crippen LogP contribution in [-0.2, 0) is 9.59 Å². The lowest BCUT2D eigenvalue weighted by atomic mass is 9.88. The molecule has 0 spiro atoms. The van der Waals surface area contributed by atoms with Gasteiger partial charge < -0.3 is 25.9 Å². The van der Waals surface area contributed by atoms with Gasteiger partial charge in [-0.25, -0.2) is 0 Å². The van der Waals surface area contributed by atoms with Gasteiger partial charge in [0.15, 0.2) is 0 Å². The molecule has 0 radical (unpaired) electrons. The lowest BCUT2D eigenvalue weighted by Crippen LogP contribution is -2.33. The number of rotatable bonds is 8. The molecule has 1 aliphatic carbocycles. The second-order valence-corrected chi connectivity index (χ2v) is 8.04. The van der Waals surface area contributed by atoms with Crippen molar-refractivity contribution in [3.05, 3.63) is 23.8 Å². The summed E-state index contributed by atoms with van der Waals surface area (Å²) >= 11 is 0. The number of hydrogen-bond donors (Lipinski definition) is 5. The number of aromatic amines is 1. The monoisotopic (exact) mass is 438 g/mol. The summed E-state index contributed by atoms with van der Waals surface area (Å²) in [7, 11) is 1.76. The SMILES string of the molecule is CCNC(=O)c1c(NC(=O)C(=N)CC=N)[nH]c2cc(N(C)C(=O)C3CCCCC3)ccc12. The molecule has 0 unspecified atom stereocenters. The highest BCUT2D eigenvalue weighted by atomic mass is 16.2. The lowest BCUT2D eigenvalue weighted by molar-refractivity contribution is -0.123. The molecule has 3 amide bonds. The minimum Gasteiger partial charge on any atom is -0.352 e. The van der Waals surface area contributed by atoms with Crippen LogP contribution in [0.3, 0.4) is 0 Å². The molecule has 5 N–H and O–H groups in total. The fourth-order valence-corrected chi connectivity index (χ4v) is 4.11. The van der Waals surface area contributed by atoms with Crippen molar-refractivity contribution in [1.29, 1.82) is 10.8 Å². The number of nitrogens with one attached hydrogen (secondary N) is 5. The van der Waals surface area contributed by atoms with Crippen molar-refractivity contribution in [3.63, 3.8) is 0 Å². The molecule has 1 aromatic carbocycles. The molecule has 0 saturated heterocycles. The number of carbonyl (C=O) groups is 3. The van der Waals surface area contributed by atoms with Gasteiger partial charge in [0.2, 0.25) is 5.91 Å². The summed E-state index contributed by atoms with van der Waals surface area (Å²) in [4.78, 5) is 42.7. The number of carbonyl (C=O) groups excluding carboxylic acids is 3. The summed E-state index contributed by atoms with van der Waals surface area (Å²) in [5, 5.41) is 20.8. The number of hydrogen-bond acceptors (Lipinski definition) is 5. The first-order chi connectivity index (χ1) is 15.4. The molecular formula is C23H30N6O3. The number of anilines is 2. The van der Waals surface area contributed by atoms with Crippen molar-refractivity contribution in [2.24, 2.45) is 5.92 Å². The van der Waals surface area contributed by atoms with Gasteiger partial charge in [-0.15, -0.1) is 0 Å². The average Bonchev–Trinajstić information content (AvgIpc) is 3.15. The Morgan fingerprint density at radius 3 is 2.59 bits per heavy atom. The van der Waals surface area contributed by atoms with Gasteiger partial charge in [-0.2, -0.15) is 0 Å². The van der Waals surface area contributed by atoms with E-state index in [4.69, 9.17) is 10.8 Å². The Hall–Kier alpha value is -3.49. The summed E-state index contributed by atoms with van der Waals surface area (Å²) in [5.74, 6) is -0.728. The van der Waals surface area contributed by atoms with E-state index in [1.165, 1.54) is 6.42 Å². The van der Waals surface area contributed by atoms with Gasteiger partial charge in [-0.1, -0.05) is 19.3 Å². The highest BCUT2D eigenvalue weighted by Crippen LogP contribution is 2.31. The summed E-state index contributed by atoms with van der Waals surface area (Å²) in [6, 6.07) is 5.34. The van der Waals surface area contributed by atoms with E-state index >= 15 is 0 Å². The molecule has 0 atom stereocenters. The van der Waals surface area contributed by atoms with Crippen LogP contribution >= 0.6 is 0 Å². The largest absolute Gasteiger partial charge is 0.352 e. The van der Waals surface area contributed by atoms with Crippen molar-refractivity contribution in [1.82, 2.24) is 10.3 Å². The van der Waals surface area contributed by atoms with Crippen LogP contribution in [0.15, 0.2) is 18.2 Å². The molecule has 1 aromatic heterocycles. The second kappa shape index (κ2) is 10.2. The number of aromatic nitrogens is 1. The molecule has 0 aliphatic heterocycles. The van der Waals surface area contributed by atoms with E-state index in [9.17, 15) is 14.4 Å². The highest BCUT2D eigenvalue weighted by molar-refractivity contribution is 6.44. The Morgan fingerprint density at radius 1 is 1.22 bits per heavy atom. The molecule has 0 bridgehead atoms. The standard InChI is InChI=1S/C23H30N6O3/c1-3-26-22(31)19-16-10-9-15(29(2)23(32)14-7-5-4-6-8-14)13-18(16)27-20(19)28-21(30)17(25)11-12-24/h9-10,12-14,24-25,27H,3-8,11H2,1-2H3,(H,26,31)(H,28,30). The maximum atomic E-state index is 12.9. The first-order valence-electron chi connectivity index (χ1n) is 11.0. The van der Waals surface area contributed by atoms with E-state index in [1.807, 2.05) is 0 Å². The molecule has 1 aliphatic rings. The number of benzene rings is 1. The van der Waals surface area contributed by atoms with Crippen molar-refractivity contribution in [3.8, 4) is 0 Å². The molecule has 3 rings (SSSR count). The van der Waals surface area contributed by atoms with Crippen molar-refractivity contribution >= 4 is 52.1 Å². The molecule has 9 nitrogen and oxygen atoms in total. The van der Waals surface area contributed by atoms with E-state index in [2.05, 4.69) is 15.6 Å². The molecule has 170 valence electrons. The van der Waals surface area contributed by atoms with E-state index < -0.39 is 5.91 Å². The Morgan fingerprint density at radius 2 is 1.94 bits per heavy atom. The predicted molar refractivity (Wildman–Crippen MR) is 126 cm³/mol. The summed E-state index contributed by atoms with van der Waals surface area (Å²) in [5.41, 5.74) is 1.29. The van der Waals surface area contributed by atoms with Crippen LogP contribution in [0, 0.1) is 16.7 Å². The summed E-state index contributed by atoms with van der Waals surface area (Å²) in [6.45, 7) is 2.22. The van der Waals surface area contributed by atoms with Crippen molar-refractivity contribution in [2.45, 2.75) is 45.4 Å². The van der Waals surface area contributed by atoms with Gasteiger partial charge in [0.1, 0.15) is 11.5 Å². The molecule has 9 heteroatoms. The topological polar surface area (TPSA) is 142 Å². The third kappa shape index (κ3) is 4.87. The maximum absolute atomic E-state index is 12.9. The van der Waals surface area contributed by atoms with Crippen LogP contribution < -0.4 is 15.5 Å².